The van der Waals surface area contributed by atoms with Crippen LogP contribution in [0.3, 0.4) is 0 Å². The molecule has 0 radical (unpaired) electrons. The second-order valence-electron chi connectivity index (χ2n) is 5.44. The van der Waals surface area contributed by atoms with Crippen molar-refractivity contribution in [1.29, 1.82) is 5.26 Å². The molecule has 1 unspecified atom stereocenters. The van der Waals surface area contributed by atoms with E-state index in [9.17, 15) is 0 Å². The summed E-state index contributed by atoms with van der Waals surface area (Å²) in [5.41, 5.74) is 0. The van der Waals surface area contributed by atoms with Crippen LogP contribution in [0, 0.1) is 11.3 Å². The van der Waals surface area contributed by atoms with Gasteiger partial charge in [-0.1, -0.05) is 25.2 Å². The molecule has 0 spiro atoms. The molecule has 1 saturated heterocycles. The van der Waals surface area contributed by atoms with Crippen molar-refractivity contribution >= 4 is 15.4 Å². The molecule has 2 nitrogen and oxygen atoms in total. The molecule has 4 heteroatoms. The lowest BCUT2D eigenvalue weighted by Gasteiger charge is -2.45. The first-order valence-electron chi connectivity index (χ1n) is 5.61. The molecular formula is C11H21NOSi2. The van der Waals surface area contributed by atoms with Gasteiger partial charge in [0.15, 0.2) is 7.83 Å². The van der Waals surface area contributed by atoms with Crippen LogP contribution in [0.4, 0.5) is 0 Å². The standard InChI is InChI=1S/C11H21NOSi2/c1-14(2)10-8-11(7-5-6-9-12)13-15(14,3)4/h5-6,11H,7-8,10H2,1-4H3. The van der Waals surface area contributed by atoms with Crippen LogP contribution in [0.1, 0.15) is 12.8 Å². The molecule has 0 saturated carbocycles. The van der Waals surface area contributed by atoms with Crippen molar-refractivity contribution in [3.8, 4) is 6.07 Å². The van der Waals surface area contributed by atoms with Crippen molar-refractivity contribution in [2.75, 3.05) is 0 Å². The van der Waals surface area contributed by atoms with Gasteiger partial charge in [-0.15, -0.1) is 0 Å². The van der Waals surface area contributed by atoms with Gasteiger partial charge in [-0.3, -0.25) is 0 Å². The molecule has 1 fully saturated rings. The maximum absolute atomic E-state index is 8.42. The summed E-state index contributed by atoms with van der Waals surface area (Å²) in [4.78, 5) is 0. The van der Waals surface area contributed by atoms with Crippen LogP contribution < -0.4 is 0 Å². The monoisotopic (exact) mass is 239 g/mol. The normalized spacial score (nSPS) is 28.9. The molecule has 0 N–H and O–H groups in total. The van der Waals surface area contributed by atoms with Gasteiger partial charge in [0.2, 0.25) is 0 Å². The van der Waals surface area contributed by atoms with Gasteiger partial charge in [0.1, 0.15) is 0 Å². The van der Waals surface area contributed by atoms with E-state index in [1.165, 1.54) is 12.5 Å². The summed E-state index contributed by atoms with van der Waals surface area (Å²) < 4.78 is 6.28. The largest absolute Gasteiger partial charge is 0.417 e. The molecule has 1 aliphatic rings. The summed E-state index contributed by atoms with van der Waals surface area (Å²) in [6, 6.07) is 3.41. The van der Waals surface area contributed by atoms with Crippen molar-refractivity contribution in [3.05, 3.63) is 12.2 Å². The zero-order valence-corrected chi connectivity index (χ0v) is 12.2. The Labute approximate surface area is 94.9 Å². The van der Waals surface area contributed by atoms with Gasteiger partial charge >= 0.3 is 0 Å². The van der Waals surface area contributed by atoms with Crippen LogP contribution in [0.2, 0.25) is 32.2 Å². The van der Waals surface area contributed by atoms with E-state index in [1.807, 2.05) is 12.1 Å². The predicted octanol–water partition coefficient (Wildman–Crippen LogP) is 3.24. The highest BCUT2D eigenvalue weighted by molar-refractivity contribution is 7.38. The van der Waals surface area contributed by atoms with E-state index in [4.69, 9.17) is 9.69 Å². The first kappa shape index (κ1) is 12.7. The molecular weight excluding hydrogens is 218 g/mol. The van der Waals surface area contributed by atoms with Crippen molar-refractivity contribution < 1.29 is 4.43 Å². The van der Waals surface area contributed by atoms with Crippen LogP contribution in [0.5, 0.6) is 0 Å². The predicted molar refractivity (Wildman–Crippen MR) is 68.6 cm³/mol. The highest BCUT2D eigenvalue weighted by Gasteiger charge is 2.47. The quantitative estimate of drug-likeness (QED) is 0.547. The van der Waals surface area contributed by atoms with Crippen LogP contribution >= 0.6 is 0 Å². The van der Waals surface area contributed by atoms with E-state index in [0.717, 1.165) is 6.42 Å². The second-order valence-corrected chi connectivity index (χ2v) is 20.6. The third-order valence-corrected chi connectivity index (χ3v) is 20.4. The zero-order chi connectivity index (χ0) is 11.5. The average molecular weight is 239 g/mol. The summed E-state index contributed by atoms with van der Waals surface area (Å²) in [6.45, 7) is 9.64. The summed E-state index contributed by atoms with van der Waals surface area (Å²) in [5.74, 6) is 0. The van der Waals surface area contributed by atoms with Gasteiger partial charge in [0.25, 0.3) is 0 Å². The lowest BCUT2D eigenvalue weighted by atomic mass is 10.2. The Bertz CT molecular complexity index is 291. The summed E-state index contributed by atoms with van der Waals surface area (Å²) in [5, 5.41) is 8.42. The molecule has 0 aliphatic carbocycles. The molecule has 1 heterocycles. The van der Waals surface area contributed by atoms with E-state index < -0.39 is 15.4 Å². The highest BCUT2D eigenvalue weighted by atomic mass is 29.3. The highest BCUT2D eigenvalue weighted by Crippen LogP contribution is 2.34. The molecule has 0 aromatic rings. The van der Waals surface area contributed by atoms with E-state index in [1.54, 1.807) is 6.08 Å². The van der Waals surface area contributed by atoms with Crippen LogP contribution in [0.25, 0.3) is 0 Å². The third kappa shape index (κ3) is 3.04. The lowest BCUT2D eigenvalue weighted by Crippen LogP contribution is -2.61. The number of nitrogens with zero attached hydrogens (tertiary/aromatic N) is 1. The molecule has 0 aromatic heterocycles. The summed E-state index contributed by atoms with van der Waals surface area (Å²) >= 11 is 0. The van der Waals surface area contributed by atoms with Crippen molar-refractivity contribution in [1.82, 2.24) is 0 Å². The Morgan fingerprint density at radius 3 is 2.60 bits per heavy atom. The molecule has 1 rings (SSSR count). The SMILES string of the molecule is C[Si]1(C)CCC(CC=CC#N)O[Si]1(C)C. The minimum atomic E-state index is -1.42. The van der Waals surface area contributed by atoms with Gasteiger partial charge in [0.05, 0.1) is 13.7 Å². The third-order valence-electron chi connectivity index (χ3n) is 3.77. The molecule has 0 amide bonds. The number of nitriles is 1. The minimum Gasteiger partial charge on any atom is -0.417 e. The van der Waals surface area contributed by atoms with Crippen LogP contribution in [-0.4, -0.2) is 21.5 Å². The molecule has 0 bridgehead atoms. The van der Waals surface area contributed by atoms with E-state index >= 15 is 0 Å². The van der Waals surface area contributed by atoms with E-state index in [2.05, 4.69) is 26.2 Å². The van der Waals surface area contributed by atoms with Gasteiger partial charge in [-0.25, -0.2) is 0 Å². The maximum Gasteiger partial charge on any atom is 0.174 e. The topological polar surface area (TPSA) is 33.0 Å². The molecule has 0 aromatic carbocycles. The van der Waals surface area contributed by atoms with Gasteiger partial charge < -0.3 is 4.43 Å². The Morgan fingerprint density at radius 1 is 1.40 bits per heavy atom. The molecule has 15 heavy (non-hydrogen) atoms. The number of hydrogen-bond acceptors (Lipinski definition) is 2. The smallest absolute Gasteiger partial charge is 0.174 e. The van der Waals surface area contributed by atoms with E-state index in [-0.39, 0.29) is 0 Å². The molecule has 1 atom stereocenters. The number of hydrogen-bond donors (Lipinski definition) is 0. The Hall–Kier alpha value is -0.376. The van der Waals surface area contributed by atoms with Gasteiger partial charge in [-0.05, 0) is 25.9 Å². The van der Waals surface area contributed by atoms with Gasteiger partial charge in [0, 0.05) is 12.2 Å². The fraction of sp³-hybridized carbons (Fsp3) is 0.727. The van der Waals surface area contributed by atoms with Crippen LogP contribution in [0.15, 0.2) is 12.2 Å². The Kier molecular flexibility index (Phi) is 3.93. The first-order chi connectivity index (χ1) is 6.89. The summed E-state index contributed by atoms with van der Waals surface area (Å²) in [6.07, 6.45) is 5.97. The molecule has 84 valence electrons. The number of allylic oxidation sites excluding steroid dienone is 1. The van der Waals surface area contributed by atoms with Gasteiger partial charge in [-0.2, -0.15) is 5.26 Å². The zero-order valence-electron chi connectivity index (χ0n) is 10.2. The fourth-order valence-corrected chi connectivity index (χ4v) is 8.60. The lowest BCUT2D eigenvalue weighted by molar-refractivity contribution is 0.189. The molecule has 1 aliphatic heterocycles. The van der Waals surface area contributed by atoms with Crippen LogP contribution in [-0.2, 0) is 4.43 Å². The minimum absolute atomic E-state index is 0.372. The summed E-state index contributed by atoms with van der Waals surface area (Å²) in [7, 11) is -2.50. The second kappa shape index (κ2) is 4.64. The fourth-order valence-electron chi connectivity index (χ4n) is 1.90. The first-order valence-corrected chi connectivity index (χ1v) is 12.7. The van der Waals surface area contributed by atoms with Crippen molar-refractivity contribution in [2.45, 2.75) is 51.2 Å². The van der Waals surface area contributed by atoms with Crippen molar-refractivity contribution in [2.24, 2.45) is 0 Å². The Morgan fingerprint density at radius 2 is 2.07 bits per heavy atom. The van der Waals surface area contributed by atoms with E-state index in [0.29, 0.717) is 6.10 Å². The Balaban J connectivity index is 2.56. The average Bonchev–Trinajstić information content (AvgIpc) is 2.12. The van der Waals surface area contributed by atoms with Crippen molar-refractivity contribution in [3.63, 3.8) is 0 Å². The number of rotatable bonds is 2. The maximum atomic E-state index is 8.42.